The summed E-state index contributed by atoms with van der Waals surface area (Å²) in [7, 11) is 0. The van der Waals surface area contributed by atoms with Gasteiger partial charge in [0.2, 0.25) is 0 Å². The van der Waals surface area contributed by atoms with Gasteiger partial charge in [-0.2, -0.15) is 0 Å². The van der Waals surface area contributed by atoms with E-state index in [9.17, 15) is 9.59 Å². The van der Waals surface area contributed by atoms with Crippen molar-refractivity contribution >= 4 is 46.4 Å². The lowest BCUT2D eigenvalue weighted by Crippen LogP contribution is -2.54. The minimum atomic E-state index is -0.443. The number of amides is 2. The molecule has 1 N–H and O–H groups in total. The van der Waals surface area contributed by atoms with Crippen LogP contribution in [0, 0.1) is 5.41 Å². The molecule has 142 valence electrons. The molecular weight excluding hydrogens is 380 g/mol. The molecule has 2 amide bonds. The van der Waals surface area contributed by atoms with Gasteiger partial charge in [0.1, 0.15) is 5.57 Å². The van der Waals surface area contributed by atoms with E-state index in [2.05, 4.69) is 26.1 Å². The maximum atomic E-state index is 13.0. The smallest absolute Gasteiger partial charge is 0.269 e. The van der Waals surface area contributed by atoms with E-state index in [4.69, 9.17) is 23.8 Å². The topological polar surface area (TPSA) is 49.4 Å². The lowest BCUT2D eigenvalue weighted by molar-refractivity contribution is -0.122. The number of allylic oxidation sites excluding steroid dienone is 3. The van der Waals surface area contributed by atoms with Crippen LogP contribution in [-0.2, 0) is 9.59 Å². The second kappa shape index (κ2) is 7.56. The summed E-state index contributed by atoms with van der Waals surface area (Å²) in [5, 5.41) is 3.27. The molecule has 6 heteroatoms. The standard InChI is InChI=1S/C21H23ClN2O2S/c1-13-5-4-12-21(2,3)17(13)11-10-16-18(25)23-20(27)24(19(16)26)15-8-6-14(22)7-9-15/h6-10H,4-5,11-12H2,1-3H3,(H,23,25,27)/b16-10+. The van der Waals surface area contributed by atoms with Crippen LogP contribution in [0.1, 0.15) is 46.5 Å². The van der Waals surface area contributed by atoms with Crippen molar-refractivity contribution in [3.8, 4) is 0 Å². The first-order valence-electron chi connectivity index (χ1n) is 9.05. The average Bonchev–Trinajstić information content (AvgIpc) is 2.58. The zero-order chi connectivity index (χ0) is 19.8. The van der Waals surface area contributed by atoms with Crippen molar-refractivity contribution in [2.45, 2.75) is 46.5 Å². The Morgan fingerprint density at radius 1 is 1.26 bits per heavy atom. The van der Waals surface area contributed by atoms with Crippen molar-refractivity contribution < 1.29 is 9.59 Å². The van der Waals surface area contributed by atoms with Gasteiger partial charge in [-0.15, -0.1) is 0 Å². The highest BCUT2D eigenvalue weighted by Crippen LogP contribution is 2.42. The number of carbonyl (C=O) groups excluding carboxylic acids is 2. The molecule has 27 heavy (non-hydrogen) atoms. The fourth-order valence-corrected chi connectivity index (χ4v) is 4.27. The van der Waals surface area contributed by atoms with E-state index in [-0.39, 0.29) is 16.1 Å². The predicted octanol–water partition coefficient (Wildman–Crippen LogP) is 4.93. The Labute approximate surface area is 170 Å². The van der Waals surface area contributed by atoms with Gasteiger partial charge in [-0.05, 0) is 74.5 Å². The molecule has 0 spiro atoms. The highest BCUT2D eigenvalue weighted by molar-refractivity contribution is 7.80. The summed E-state index contributed by atoms with van der Waals surface area (Å²) >= 11 is 11.1. The van der Waals surface area contributed by atoms with Crippen LogP contribution in [0.5, 0.6) is 0 Å². The molecule has 1 fully saturated rings. The van der Waals surface area contributed by atoms with Gasteiger partial charge in [0.15, 0.2) is 5.11 Å². The Morgan fingerprint density at radius 2 is 1.93 bits per heavy atom. The Balaban J connectivity index is 1.91. The summed E-state index contributed by atoms with van der Waals surface area (Å²) in [6.45, 7) is 6.59. The van der Waals surface area contributed by atoms with E-state index in [0.717, 1.165) is 12.8 Å². The van der Waals surface area contributed by atoms with Gasteiger partial charge in [-0.3, -0.25) is 19.8 Å². The molecule has 1 aliphatic heterocycles. The Morgan fingerprint density at radius 3 is 2.56 bits per heavy atom. The second-order valence-electron chi connectivity index (χ2n) is 7.69. The molecule has 0 bridgehead atoms. The fourth-order valence-electron chi connectivity index (χ4n) is 3.86. The first kappa shape index (κ1) is 19.8. The SMILES string of the molecule is CC1=C(C/C=C2\C(=O)NC(=S)N(c3ccc(Cl)cc3)C2=O)C(C)(C)CCC1. The Hall–Kier alpha value is -1.98. The quantitative estimate of drug-likeness (QED) is 0.337. The Bertz CT molecular complexity index is 869. The van der Waals surface area contributed by atoms with Crippen LogP contribution < -0.4 is 10.2 Å². The molecule has 1 heterocycles. The summed E-state index contributed by atoms with van der Waals surface area (Å²) in [6, 6.07) is 6.79. The first-order valence-corrected chi connectivity index (χ1v) is 9.84. The van der Waals surface area contributed by atoms with Crippen molar-refractivity contribution in [2.75, 3.05) is 4.90 Å². The third kappa shape index (κ3) is 3.99. The zero-order valence-corrected chi connectivity index (χ0v) is 17.3. The van der Waals surface area contributed by atoms with Gasteiger partial charge >= 0.3 is 0 Å². The summed E-state index contributed by atoms with van der Waals surface area (Å²) in [4.78, 5) is 26.8. The monoisotopic (exact) mass is 402 g/mol. The summed E-state index contributed by atoms with van der Waals surface area (Å²) in [5.41, 5.74) is 3.46. The van der Waals surface area contributed by atoms with Crippen molar-refractivity contribution in [3.05, 3.63) is 52.1 Å². The average molecular weight is 403 g/mol. The third-order valence-electron chi connectivity index (χ3n) is 5.38. The molecular formula is C21H23ClN2O2S. The van der Waals surface area contributed by atoms with E-state index in [1.807, 2.05) is 0 Å². The molecule has 4 nitrogen and oxygen atoms in total. The second-order valence-corrected chi connectivity index (χ2v) is 8.52. The number of nitrogens with zero attached hydrogens (tertiary/aromatic N) is 1. The van der Waals surface area contributed by atoms with E-state index in [1.165, 1.54) is 22.5 Å². The van der Waals surface area contributed by atoms with Gasteiger partial charge in [0.25, 0.3) is 11.8 Å². The van der Waals surface area contributed by atoms with Gasteiger partial charge < -0.3 is 0 Å². The first-order chi connectivity index (χ1) is 12.7. The fraction of sp³-hybridized carbons (Fsp3) is 0.381. The van der Waals surface area contributed by atoms with Gasteiger partial charge in [0.05, 0.1) is 5.69 Å². The van der Waals surface area contributed by atoms with Crippen molar-refractivity contribution in [2.24, 2.45) is 5.41 Å². The maximum absolute atomic E-state index is 13.0. The van der Waals surface area contributed by atoms with Crippen molar-refractivity contribution in [3.63, 3.8) is 0 Å². The normalized spacial score (nSPS) is 21.7. The molecule has 0 radical (unpaired) electrons. The highest BCUT2D eigenvalue weighted by Gasteiger charge is 2.35. The third-order valence-corrected chi connectivity index (χ3v) is 5.92. The van der Waals surface area contributed by atoms with Crippen LogP contribution in [-0.4, -0.2) is 16.9 Å². The van der Waals surface area contributed by atoms with E-state index in [0.29, 0.717) is 17.1 Å². The summed E-state index contributed by atoms with van der Waals surface area (Å²) in [5.74, 6) is -0.847. The molecule has 1 saturated heterocycles. The number of carbonyl (C=O) groups is 2. The van der Waals surface area contributed by atoms with Gasteiger partial charge in [0, 0.05) is 5.02 Å². The van der Waals surface area contributed by atoms with E-state index in [1.54, 1.807) is 30.3 Å². The lowest BCUT2D eigenvalue weighted by Gasteiger charge is -2.34. The number of nitrogens with one attached hydrogen (secondary N) is 1. The lowest BCUT2D eigenvalue weighted by atomic mass is 9.71. The molecule has 0 unspecified atom stereocenters. The van der Waals surface area contributed by atoms with Gasteiger partial charge in [-0.25, -0.2) is 0 Å². The largest absolute Gasteiger partial charge is 0.298 e. The van der Waals surface area contributed by atoms with Crippen LogP contribution >= 0.6 is 23.8 Å². The molecule has 1 aromatic rings. The van der Waals surface area contributed by atoms with Crippen molar-refractivity contribution in [1.29, 1.82) is 0 Å². The number of anilines is 1. The summed E-state index contributed by atoms with van der Waals surface area (Å²) in [6.07, 6.45) is 5.70. The number of benzene rings is 1. The summed E-state index contributed by atoms with van der Waals surface area (Å²) < 4.78 is 0. The number of hydrogen-bond donors (Lipinski definition) is 1. The van der Waals surface area contributed by atoms with E-state index < -0.39 is 11.8 Å². The Kier molecular flexibility index (Phi) is 5.54. The molecule has 1 aliphatic carbocycles. The number of hydrogen-bond acceptors (Lipinski definition) is 3. The van der Waals surface area contributed by atoms with Crippen LogP contribution in [0.3, 0.4) is 0 Å². The van der Waals surface area contributed by atoms with Gasteiger partial charge in [-0.1, -0.05) is 42.7 Å². The highest BCUT2D eigenvalue weighted by atomic mass is 35.5. The molecule has 0 aromatic heterocycles. The number of rotatable bonds is 3. The van der Waals surface area contributed by atoms with Crippen molar-refractivity contribution in [1.82, 2.24) is 5.32 Å². The molecule has 2 aliphatic rings. The van der Waals surface area contributed by atoms with E-state index >= 15 is 0 Å². The molecule has 3 rings (SSSR count). The van der Waals surface area contributed by atoms with Crippen LogP contribution in [0.4, 0.5) is 5.69 Å². The van der Waals surface area contributed by atoms with Crippen LogP contribution in [0.2, 0.25) is 5.02 Å². The molecule has 0 saturated carbocycles. The molecule has 0 atom stereocenters. The van der Waals surface area contributed by atoms with Crippen LogP contribution in [0.15, 0.2) is 47.1 Å². The minimum Gasteiger partial charge on any atom is -0.298 e. The maximum Gasteiger partial charge on any atom is 0.269 e. The number of halogens is 1. The van der Waals surface area contributed by atoms with Crippen LogP contribution in [0.25, 0.3) is 0 Å². The molecule has 1 aromatic carbocycles. The zero-order valence-electron chi connectivity index (χ0n) is 15.8. The predicted molar refractivity (Wildman–Crippen MR) is 113 cm³/mol. The minimum absolute atomic E-state index is 0.0814. The number of thiocarbonyl (C=S) groups is 1.